The lowest BCUT2D eigenvalue weighted by Gasteiger charge is -2.02. The maximum absolute atomic E-state index is 11.4. The number of aromatic amines is 1. The zero-order valence-corrected chi connectivity index (χ0v) is 8.27. The number of nitrogens with zero attached hydrogens (tertiary/aromatic N) is 4. The minimum absolute atomic E-state index is 0.0829. The molecule has 78 valence electrons. The number of nitrogens with one attached hydrogen (secondary N) is 2. The second-order valence-corrected chi connectivity index (χ2v) is 3.04. The van der Waals surface area contributed by atoms with Gasteiger partial charge in [-0.15, -0.1) is 0 Å². The Kier molecular flexibility index (Phi) is 2.64. The Morgan fingerprint density at radius 3 is 3.07 bits per heavy atom. The van der Waals surface area contributed by atoms with Crippen LogP contribution in [0.1, 0.15) is 0 Å². The maximum atomic E-state index is 11.4. The van der Waals surface area contributed by atoms with Crippen LogP contribution in [0.25, 0.3) is 0 Å². The number of carbonyl (C=O) groups excluding carboxylic acids is 1. The van der Waals surface area contributed by atoms with Crippen LogP contribution in [-0.2, 0) is 11.3 Å². The summed E-state index contributed by atoms with van der Waals surface area (Å²) >= 11 is 5.70. The van der Waals surface area contributed by atoms with Crippen LogP contribution < -0.4 is 5.32 Å². The zero-order chi connectivity index (χ0) is 10.7. The van der Waals surface area contributed by atoms with Gasteiger partial charge in [-0.25, -0.2) is 10.1 Å². The molecule has 0 fully saturated rings. The molecule has 0 atom stereocenters. The molecule has 2 aromatic rings. The van der Waals surface area contributed by atoms with Crippen molar-refractivity contribution in [3.8, 4) is 0 Å². The Morgan fingerprint density at radius 1 is 1.60 bits per heavy atom. The summed E-state index contributed by atoms with van der Waals surface area (Å²) < 4.78 is 1.51. The lowest BCUT2D eigenvalue weighted by Crippen LogP contribution is -2.19. The monoisotopic (exact) mass is 226 g/mol. The molecule has 2 aromatic heterocycles. The van der Waals surface area contributed by atoms with E-state index in [4.69, 9.17) is 11.6 Å². The summed E-state index contributed by atoms with van der Waals surface area (Å²) in [6.07, 6.45) is 4.44. The SMILES string of the molecule is O=C(Cn1ccnc1Cl)Nc1ncn[nH]1. The summed E-state index contributed by atoms with van der Waals surface area (Å²) in [6.45, 7) is 0.0829. The standard InChI is InChI=1S/C7H7ClN6O/c8-6-9-1-2-14(6)3-5(15)12-7-10-4-11-13-7/h1-2,4H,3H2,(H2,10,11,12,13,15). The Morgan fingerprint density at radius 2 is 2.47 bits per heavy atom. The number of carbonyl (C=O) groups is 1. The lowest BCUT2D eigenvalue weighted by atomic mass is 10.6. The van der Waals surface area contributed by atoms with Gasteiger partial charge in [0, 0.05) is 12.4 Å². The Labute approximate surface area is 89.5 Å². The first kappa shape index (κ1) is 9.66. The second kappa shape index (κ2) is 4.09. The van der Waals surface area contributed by atoms with E-state index >= 15 is 0 Å². The smallest absolute Gasteiger partial charge is 0.246 e. The zero-order valence-electron chi connectivity index (χ0n) is 7.51. The molecule has 0 unspecified atom stereocenters. The van der Waals surface area contributed by atoms with E-state index in [0.29, 0.717) is 5.95 Å². The van der Waals surface area contributed by atoms with Gasteiger partial charge in [-0.05, 0) is 11.6 Å². The van der Waals surface area contributed by atoms with Gasteiger partial charge in [0.15, 0.2) is 0 Å². The van der Waals surface area contributed by atoms with E-state index in [-0.39, 0.29) is 17.7 Å². The van der Waals surface area contributed by atoms with Crippen molar-refractivity contribution in [2.75, 3.05) is 5.32 Å². The van der Waals surface area contributed by atoms with Gasteiger partial charge < -0.3 is 4.57 Å². The van der Waals surface area contributed by atoms with E-state index in [1.807, 2.05) is 0 Å². The number of halogens is 1. The normalized spacial score (nSPS) is 10.2. The van der Waals surface area contributed by atoms with Crippen LogP contribution in [0.15, 0.2) is 18.7 Å². The summed E-state index contributed by atoms with van der Waals surface area (Å²) in [5.74, 6) is 0.0443. The van der Waals surface area contributed by atoms with Gasteiger partial charge in [0.2, 0.25) is 17.1 Å². The van der Waals surface area contributed by atoms with Crippen LogP contribution in [0.5, 0.6) is 0 Å². The summed E-state index contributed by atoms with van der Waals surface area (Å²) in [6, 6.07) is 0. The van der Waals surface area contributed by atoms with Gasteiger partial charge in [-0.3, -0.25) is 10.1 Å². The van der Waals surface area contributed by atoms with Crippen molar-refractivity contribution in [1.82, 2.24) is 24.7 Å². The highest BCUT2D eigenvalue weighted by Gasteiger charge is 2.07. The molecule has 8 heteroatoms. The molecular formula is C7H7ClN6O. The van der Waals surface area contributed by atoms with Crippen LogP contribution in [0.3, 0.4) is 0 Å². The largest absolute Gasteiger partial charge is 0.312 e. The van der Waals surface area contributed by atoms with Gasteiger partial charge in [-0.2, -0.15) is 10.1 Å². The van der Waals surface area contributed by atoms with E-state index in [2.05, 4.69) is 25.5 Å². The third kappa shape index (κ3) is 2.32. The average molecular weight is 227 g/mol. The molecule has 0 radical (unpaired) electrons. The van der Waals surface area contributed by atoms with Gasteiger partial charge in [0.1, 0.15) is 12.9 Å². The van der Waals surface area contributed by atoms with Gasteiger partial charge in [-0.1, -0.05) is 0 Å². The topological polar surface area (TPSA) is 88.5 Å². The first-order valence-corrected chi connectivity index (χ1v) is 4.45. The van der Waals surface area contributed by atoms with Crippen molar-refractivity contribution < 1.29 is 4.79 Å². The number of imidazole rings is 1. The van der Waals surface area contributed by atoms with Gasteiger partial charge >= 0.3 is 0 Å². The van der Waals surface area contributed by atoms with Gasteiger partial charge in [0.05, 0.1) is 0 Å². The summed E-state index contributed by atoms with van der Waals surface area (Å²) in [4.78, 5) is 19.0. The maximum Gasteiger partial charge on any atom is 0.246 e. The Bertz CT molecular complexity index is 450. The number of hydrogen-bond donors (Lipinski definition) is 2. The average Bonchev–Trinajstić information content (AvgIpc) is 2.79. The van der Waals surface area contributed by atoms with Crippen molar-refractivity contribution in [3.63, 3.8) is 0 Å². The number of amides is 1. The number of anilines is 1. The van der Waals surface area contributed by atoms with Crippen LogP contribution in [-0.4, -0.2) is 30.6 Å². The number of aromatic nitrogens is 5. The fourth-order valence-corrected chi connectivity index (χ4v) is 1.19. The molecule has 0 aliphatic rings. The van der Waals surface area contributed by atoms with Gasteiger partial charge in [0.25, 0.3) is 0 Å². The number of hydrogen-bond acceptors (Lipinski definition) is 4. The summed E-state index contributed by atoms with van der Waals surface area (Å²) in [7, 11) is 0. The minimum atomic E-state index is -0.258. The first-order chi connectivity index (χ1) is 7.25. The molecule has 2 N–H and O–H groups in total. The van der Waals surface area contributed by atoms with Crippen molar-refractivity contribution in [2.24, 2.45) is 0 Å². The van der Waals surface area contributed by atoms with Crippen molar-refractivity contribution in [2.45, 2.75) is 6.54 Å². The van der Waals surface area contributed by atoms with E-state index in [1.54, 1.807) is 6.20 Å². The van der Waals surface area contributed by atoms with E-state index < -0.39 is 0 Å². The highest BCUT2D eigenvalue weighted by Crippen LogP contribution is 2.04. The van der Waals surface area contributed by atoms with Crippen LogP contribution in [0.2, 0.25) is 5.28 Å². The molecule has 1 amide bonds. The third-order valence-corrected chi connectivity index (χ3v) is 1.97. The molecule has 7 nitrogen and oxygen atoms in total. The highest BCUT2D eigenvalue weighted by molar-refractivity contribution is 6.28. The molecule has 2 rings (SSSR count). The molecular weight excluding hydrogens is 220 g/mol. The summed E-state index contributed by atoms with van der Waals surface area (Å²) in [5.41, 5.74) is 0. The molecule has 0 saturated carbocycles. The number of rotatable bonds is 3. The second-order valence-electron chi connectivity index (χ2n) is 2.71. The quantitative estimate of drug-likeness (QED) is 0.788. The fraction of sp³-hybridized carbons (Fsp3) is 0.143. The molecule has 2 heterocycles. The predicted octanol–water partition coefficient (Wildman–Crippen LogP) is 0.293. The van der Waals surface area contributed by atoms with Crippen molar-refractivity contribution in [3.05, 3.63) is 24.0 Å². The molecule has 0 spiro atoms. The van der Waals surface area contributed by atoms with Crippen LogP contribution >= 0.6 is 11.6 Å². The minimum Gasteiger partial charge on any atom is -0.312 e. The molecule has 0 aromatic carbocycles. The lowest BCUT2D eigenvalue weighted by molar-refractivity contribution is -0.116. The Balaban J connectivity index is 1.96. The Hall–Kier alpha value is -1.89. The number of H-pyrrole nitrogens is 1. The first-order valence-electron chi connectivity index (χ1n) is 4.07. The van der Waals surface area contributed by atoms with Crippen LogP contribution in [0.4, 0.5) is 5.95 Å². The molecule has 0 saturated heterocycles. The fourth-order valence-electron chi connectivity index (χ4n) is 1.02. The predicted molar refractivity (Wildman–Crippen MR) is 52.2 cm³/mol. The molecule has 15 heavy (non-hydrogen) atoms. The summed E-state index contributed by atoms with van der Waals surface area (Å²) in [5, 5.41) is 8.88. The molecule has 0 aliphatic heterocycles. The highest BCUT2D eigenvalue weighted by atomic mass is 35.5. The van der Waals surface area contributed by atoms with E-state index in [0.717, 1.165) is 0 Å². The van der Waals surface area contributed by atoms with E-state index in [9.17, 15) is 4.79 Å². The van der Waals surface area contributed by atoms with E-state index in [1.165, 1.54) is 17.1 Å². The van der Waals surface area contributed by atoms with Crippen molar-refractivity contribution in [1.29, 1.82) is 0 Å². The van der Waals surface area contributed by atoms with Crippen molar-refractivity contribution >= 4 is 23.5 Å². The van der Waals surface area contributed by atoms with Crippen LogP contribution in [0, 0.1) is 0 Å². The molecule has 0 bridgehead atoms. The third-order valence-electron chi connectivity index (χ3n) is 1.65. The molecule has 0 aliphatic carbocycles.